The lowest BCUT2D eigenvalue weighted by Gasteiger charge is -2.06. The fourth-order valence-corrected chi connectivity index (χ4v) is 2.26. The molecule has 4 nitrogen and oxygen atoms in total. The summed E-state index contributed by atoms with van der Waals surface area (Å²) in [6.45, 7) is 3.82. The second-order valence-electron chi connectivity index (χ2n) is 3.52. The molecule has 0 aliphatic heterocycles. The van der Waals surface area contributed by atoms with Gasteiger partial charge in [-0.1, -0.05) is 6.07 Å². The molecule has 1 heterocycles. The third kappa shape index (κ3) is 6.05. The normalized spacial score (nSPS) is 11.2. The van der Waals surface area contributed by atoms with Gasteiger partial charge in [0.25, 0.3) is 10.1 Å². The van der Waals surface area contributed by atoms with Gasteiger partial charge in [0.2, 0.25) is 0 Å². The van der Waals surface area contributed by atoms with Gasteiger partial charge in [0.15, 0.2) is 18.9 Å². The first-order valence-corrected chi connectivity index (χ1v) is 6.42. The Bertz CT molecular complexity index is 392. The molecule has 16 heavy (non-hydrogen) atoms. The lowest BCUT2D eigenvalue weighted by Crippen LogP contribution is -3.00. The van der Waals surface area contributed by atoms with E-state index >= 15 is 0 Å². The Morgan fingerprint density at radius 2 is 1.75 bits per heavy atom. The van der Waals surface area contributed by atoms with Crippen LogP contribution < -0.4 is 17.0 Å². The topological polar surface area (TPSA) is 47.3 Å². The quantitative estimate of drug-likeness (QED) is 0.446. The van der Waals surface area contributed by atoms with Crippen LogP contribution in [0.3, 0.4) is 0 Å². The Labute approximate surface area is 103 Å². The molecule has 0 saturated carbocycles. The van der Waals surface area contributed by atoms with E-state index in [9.17, 15) is 8.42 Å². The molecule has 0 unspecified atom stereocenters. The number of halogens is 1. The SMILES string of the molecule is CC(C)OS(=O)(=O)CC[n+]1ccccc1.[Cl-]. The van der Waals surface area contributed by atoms with Crippen molar-refractivity contribution in [2.24, 2.45) is 0 Å². The van der Waals surface area contributed by atoms with E-state index in [0.717, 1.165) is 0 Å². The van der Waals surface area contributed by atoms with Gasteiger partial charge in [0, 0.05) is 12.1 Å². The van der Waals surface area contributed by atoms with Crippen molar-refractivity contribution in [1.29, 1.82) is 0 Å². The molecule has 0 N–H and O–H groups in total. The molecular weight excluding hydrogens is 250 g/mol. The Kier molecular flexibility index (Phi) is 6.55. The zero-order chi connectivity index (χ0) is 11.3. The minimum atomic E-state index is -3.40. The molecule has 0 spiro atoms. The van der Waals surface area contributed by atoms with Crippen LogP contribution in [0.1, 0.15) is 13.8 Å². The number of nitrogens with zero attached hydrogens (tertiary/aromatic N) is 1. The molecule has 1 aromatic rings. The van der Waals surface area contributed by atoms with Crippen LogP contribution in [0.2, 0.25) is 0 Å². The highest BCUT2D eigenvalue weighted by molar-refractivity contribution is 7.86. The zero-order valence-electron chi connectivity index (χ0n) is 9.34. The van der Waals surface area contributed by atoms with Crippen molar-refractivity contribution < 1.29 is 29.6 Å². The van der Waals surface area contributed by atoms with Crippen LogP contribution in [0.5, 0.6) is 0 Å². The Morgan fingerprint density at radius 1 is 1.19 bits per heavy atom. The van der Waals surface area contributed by atoms with E-state index in [0.29, 0.717) is 6.54 Å². The Hall–Kier alpha value is -0.650. The van der Waals surface area contributed by atoms with Gasteiger partial charge in [-0.05, 0) is 13.8 Å². The molecule has 0 fully saturated rings. The fraction of sp³-hybridized carbons (Fsp3) is 0.500. The summed E-state index contributed by atoms with van der Waals surface area (Å²) < 4.78 is 29.4. The van der Waals surface area contributed by atoms with Crippen LogP contribution in [0.4, 0.5) is 0 Å². The van der Waals surface area contributed by atoms with Crippen LogP contribution in [-0.4, -0.2) is 20.3 Å². The average molecular weight is 266 g/mol. The van der Waals surface area contributed by atoms with E-state index in [1.807, 2.05) is 30.6 Å². The lowest BCUT2D eigenvalue weighted by molar-refractivity contribution is -0.692. The van der Waals surface area contributed by atoms with Crippen molar-refractivity contribution in [3.63, 3.8) is 0 Å². The van der Waals surface area contributed by atoms with Gasteiger partial charge >= 0.3 is 0 Å². The van der Waals surface area contributed by atoms with Crippen molar-refractivity contribution in [2.75, 3.05) is 5.75 Å². The van der Waals surface area contributed by atoms with E-state index in [1.165, 1.54) is 0 Å². The molecule has 0 bridgehead atoms. The predicted octanol–water partition coefficient (Wildman–Crippen LogP) is -2.27. The van der Waals surface area contributed by atoms with Crippen LogP contribution >= 0.6 is 0 Å². The third-order valence-corrected chi connectivity index (χ3v) is 3.08. The van der Waals surface area contributed by atoms with E-state index in [-0.39, 0.29) is 24.3 Å². The molecule has 0 radical (unpaired) electrons. The molecule has 0 atom stereocenters. The number of rotatable bonds is 5. The maximum atomic E-state index is 11.4. The van der Waals surface area contributed by atoms with Gasteiger partial charge in [-0.15, -0.1) is 0 Å². The van der Waals surface area contributed by atoms with E-state index in [2.05, 4.69) is 0 Å². The molecule has 0 amide bonds. The fourth-order valence-electron chi connectivity index (χ4n) is 1.14. The van der Waals surface area contributed by atoms with E-state index in [1.54, 1.807) is 18.4 Å². The van der Waals surface area contributed by atoms with Crippen molar-refractivity contribution in [2.45, 2.75) is 26.5 Å². The van der Waals surface area contributed by atoms with Crippen LogP contribution in [-0.2, 0) is 20.8 Å². The number of pyridine rings is 1. The van der Waals surface area contributed by atoms with Gasteiger partial charge in [0.05, 0.1) is 6.10 Å². The van der Waals surface area contributed by atoms with Gasteiger partial charge in [0.1, 0.15) is 5.75 Å². The second-order valence-corrected chi connectivity index (χ2v) is 5.24. The van der Waals surface area contributed by atoms with Crippen molar-refractivity contribution >= 4 is 10.1 Å². The molecule has 1 rings (SSSR count). The Balaban J connectivity index is 0.00000225. The van der Waals surface area contributed by atoms with Crippen molar-refractivity contribution in [3.8, 4) is 0 Å². The standard InChI is InChI=1S/C10H16NO3S.ClH/c1-10(2)14-15(12,13)9-8-11-6-4-3-5-7-11;/h3-7,10H,8-9H2,1-2H3;1H/q+1;/p-1. The molecular formula is C10H16ClNO3S. The summed E-state index contributed by atoms with van der Waals surface area (Å²) in [5.41, 5.74) is 0. The monoisotopic (exact) mass is 265 g/mol. The molecule has 6 heteroatoms. The van der Waals surface area contributed by atoms with Gasteiger partial charge in [-0.3, -0.25) is 4.18 Å². The van der Waals surface area contributed by atoms with E-state index < -0.39 is 10.1 Å². The van der Waals surface area contributed by atoms with Crippen LogP contribution in [0, 0.1) is 0 Å². The summed E-state index contributed by atoms with van der Waals surface area (Å²) in [4.78, 5) is 0. The molecule has 0 aromatic carbocycles. The minimum absolute atomic E-state index is 0. The highest BCUT2D eigenvalue weighted by Gasteiger charge is 2.15. The highest BCUT2D eigenvalue weighted by Crippen LogP contribution is 1.98. The number of aromatic nitrogens is 1. The molecule has 0 aliphatic rings. The molecule has 1 aromatic heterocycles. The zero-order valence-corrected chi connectivity index (χ0v) is 10.9. The van der Waals surface area contributed by atoms with Gasteiger partial charge in [-0.25, -0.2) is 4.57 Å². The second kappa shape index (κ2) is 6.83. The number of hydrogen-bond donors (Lipinski definition) is 0. The van der Waals surface area contributed by atoms with Gasteiger partial charge in [-0.2, -0.15) is 8.42 Å². The average Bonchev–Trinajstić information content (AvgIpc) is 2.15. The largest absolute Gasteiger partial charge is 1.00 e. The first kappa shape index (κ1) is 15.3. The highest BCUT2D eigenvalue weighted by atomic mass is 35.5. The summed E-state index contributed by atoms with van der Waals surface area (Å²) in [6.07, 6.45) is 3.35. The minimum Gasteiger partial charge on any atom is -1.00 e. The summed E-state index contributed by atoms with van der Waals surface area (Å²) in [5, 5.41) is 0. The number of aryl methyl sites for hydroxylation is 1. The Morgan fingerprint density at radius 3 is 2.25 bits per heavy atom. The summed E-state index contributed by atoms with van der Waals surface area (Å²) >= 11 is 0. The molecule has 0 saturated heterocycles. The van der Waals surface area contributed by atoms with Gasteiger partial charge < -0.3 is 12.4 Å². The smallest absolute Gasteiger partial charge is 0.273 e. The van der Waals surface area contributed by atoms with Crippen molar-refractivity contribution in [1.82, 2.24) is 0 Å². The van der Waals surface area contributed by atoms with E-state index in [4.69, 9.17) is 4.18 Å². The third-order valence-electron chi connectivity index (χ3n) is 1.72. The summed E-state index contributed by atoms with van der Waals surface area (Å²) in [6, 6.07) is 5.60. The molecule has 0 aliphatic carbocycles. The maximum Gasteiger partial charge on any atom is 0.273 e. The maximum absolute atomic E-state index is 11.4. The van der Waals surface area contributed by atoms with Crippen LogP contribution in [0.25, 0.3) is 0 Å². The predicted molar refractivity (Wildman–Crippen MR) is 56.6 cm³/mol. The van der Waals surface area contributed by atoms with Crippen molar-refractivity contribution in [3.05, 3.63) is 30.6 Å². The molecule has 92 valence electrons. The summed E-state index contributed by atoms with van der Waals surface area (Å²) in [7, 11) is -3.40. The number of hydrogen-bond acceptors (Lipinski definition) is 3. The van der Waals surface area contributed by atoms with Crippen LogP contribution in [0.15, 0.2) is 30.6 Å². The first-order chi connectivity index (χ1) is 6.99. The summed E-state index contributed by atoms with van der Waals surface area (Å²) in [5.74, 6) is -0.000139. The first-order valence-electron chi connectivity index (χ1n) is 4.85. The lowest BCUT2D eigenvalue weighted by atomic mass is 10.5.